The van der Waals surface area contributed by atoms with E-state index in [1.807, 2.05) is 24.3 Å². The predicted molar refractivity (Wildman–Crippen MR) is 97.1 cm³/mol. The van der Waals surface area contributed by atoms with Crippen LogP contribution < -0.4 is 16.2 Å². The van der Waals surface area contributed by atoms with Gasteiger partial charge in [-0.05, 0) is 36.5 Å². The third-order valence-electron chi connectivity index (χ3n) is 5.49. The number of hydrogen-bond donors (Lipinski definition) is 3. The first-order chi connectivity index (χ1) is 12.6. The molecule has 1 aromatic carbocycles. The maximum absolute atomic E-state index is 12.3. The third kappa shape index (κ3) is 3.10. The first kappa shape index (κ1) is 16.8. The van der Waals surface area contributed by atoms with Gasteiger partial charge in [0.2, 0.25) is 5.91 Å². The molecule has 2 fully saturated rings. The van der Waals surface area contributed by atoms with Crippen molar-refractivity contribution in [2.24, 2.45) is 18.9 Å². The van der Waals surface area contributed by atoms with Crippen LogP contribution in [0.1, 0.15) is 47.9 Å². The van der Waals surface area contributed by atoms with E-state index in [1.165, 1.54) is 6.42 Å². The van der Waals surface area contributed by atoms with E-state index in [9.17, 15) is 9.59 Å². The minimum Gasteiger partial charge on any atom is -0.330 e. The second kappa shape index (κ2) is 6.92. The van der Waals surface area contributed by atoms with E-state index >= 15 is 0 Å². The van der Waals surface area contributed by atoms with Crippen LogP contribution in [-0.4, -0.2) is 21.4 Å². The molecule has 1 saturated carbocycles. The van der Waals surface area contributed by atoms with Crippen molar-refractivity contribution in [1.29, 1.82) is 0 Å². The molecule has 0 radical (unpaired) electrons. The molecular weight excluding hydrogens is 330 g/mol. The summed E-state index contributed by atoms with van der Waals surface area (Å²) in [5, 5.41) is 2.87. The molecule has 2 amide bonds. The topological polar surface area (TPSA) is 88.1 Å². The monoisotopic (exact) mass is 353 g/mol. The summed E-state index contributed by atoms with van der Waals surface area (Å²) >= 11 is 0. The number of nitrogens with zero attached hydrogens (tertiary/aromatic N) is 2. The Morgan fingerprint density at radius 3 is 2.73 bits per heavy atom. The predicted octanol–water partition coefficient (Wildman–Crippen LogP) is 2.15. The largest absolute Gasteiger partial charge is 0.330 e. The van der Waals surface area contributed by atoms with E-state index in [4.69, 9.17) is 0 Å². The summed E-state index contributed by atoms with van der Waals surface area (Å²) in [5.74, 6) is 0.671. The summed E-state index contributed by atoms with van der Waals surface area (Å²) in [7, 11) is 1.79. The van der Waals surface area contributed by atoms with Crippen LogP contribution in [0.5, 0.6) is 0 Å². The second-order valence-corrected chi connectivity index (χ2v) is 7.10. The van der Waals surface area contributed by atoms with Gasteiger partial charge in [0.05, 0.1) is 6.04 Å². The van der Waals surface area contributed by atoms with Gasteiger partial charge in [0.1, 0.15) is 0 Å². The molecule has 1 aliphatic carbocycles. The van der Waals surface area contributed by atoms with Crippen molar-refractivity contribution in [2.45, 2.75) is 31.7 Å². The fourth-order valence-corrected chi connectivity index (χ4v) is 4.11. The molecular formula is C19H23N5O2. The lowest BCUT2D eigenvalue weighted by Gasteiger charge is -2.41. The molecule has 3 N–H and O–H groups in total. The highest BCUT2D eigenvalue weighted by Gasteiger charge is 2.40. The number of hydrazine groups is 1. The number of imidazole rings is 1. The standard InChI is InChI=1S/C19H23N5O2/c1-24-11-10-20-17(24)19(26)21-13-8-6-12(7-9-13)16-14-4-2-3-5-15(14)18(25)23-22-16/h6-11,14-16,22H,2-5H2,1H3,(H,21,26)(H,23,25). The van der Waals surface area contributed by atoms with E-state index in [1.54, 1.807) is 24.0 Å². The molecule has 4 rings (SSSR count). The molecule has 1 saturated heterocycles. The average molecular weight is 353 g/mol. The maximum atomic E-state index is 12.3. The SMILES string of the molecule is Cn1ccnc1C(=O)Nc1ccc(C2NNC(=O)C3CCCCC32)cc1. The molecule has 3 unspecified atom stereocenters. The average Bonchev–Trinajstić information content (AvgIpc) is 3.09. The van der Waals surface area contributed by atoms with Crippen molar-refractivity contribution in [3.8, 4) is 0 Å². The van der Waals surface area contributed by atoms with Crippen molar-refractivity contribution in [2.75, 3.05) is 5.32 Å². The highest BCUT2D eigenvalue weighted by molar-refractivity contribution is 6.01. The number of anilines is 1. The van der Waals surface area contributed by atoms with Gasteiger partial charge in [-0.1, -0.05) is 25.0 Å². The van der Waals surface area contributed by atoms with Gasteiger partial charge >= 0.3 is 0 Å². The van der Waals surface area contributed by atoms with Gasteiger partial charge in [0.25, 0.3) is 5.91 Å². The van der Waals surface area contributed by atoms with Crippen molar-refractivity contribution in [3.05, 3.63) is 48.0 Å². The summed E-state index contributed by atoms with van der Waals surface area (Å²) in [6, 6.07) is 7.92. The van der Waals surface area contributed by atoms with Gasteiger partial charge in [0.15, 0.2) is 5.82 Å². The van der Waals surface area contributed by atoms with Gasteiger partial charge < -0.3 is 9.88 Å². The number of aryl methyl sites for hydroxylation is 1. The van der Waals surface area contributed by atoms with Crippen LogP contribution in [0.15, 0.2) is 36.7 Å². The zero-order chi connectivity index (χ0) is 18.1. The van der Waals surface area contributed by atoms with Crippen LogP contribution >= 0.6 is 0 Å². The van der Waals surface area contributed by atoms with E-state index in [0.717, 1.165) is 30.5 Å². The third-order valence-corrected chi connectivity index (χ3v) is 5.49. The molecule has 2 heterocycles. The summed E-state index contributed by atoms with van der Waals surface area (Å²) in [4.78, 5) is 28.4. The Balaban J connectivity index is 1.48. The van der Waals surface area contributed by atoms with Crippen LogP contribution in [0.25, 0.3) is 0 Å². The second-order valence-electron chi connectivity index (χ2n) is 7.10. The molecule has 7 heteroatoms. The smallest absolute Gasteiger partial charge is 0.291 e. The highest BCUT2D eigenvalue weighted by atomic mass is 16.2. The molecule has 3 atom stereocenters. The lowest BCUT2D eigenvalue weighted by molar-refractivity contribution is -0.133. The fourth-order valence-electron chi connectivity index (χ4n) is 4.11. The van der Waals surface area contributed by atoms with Gasteiger partial charge in [-0.25, -0.2) is 10.4 Å². The molecule has 0 bridgehead atoms. The minimum atomic E-state index is -0.236. The molecule has 136 valence electrons. The number of nitrogens with one attached hydrogen (secondary N) is 3. The Morgan fingerprint density at radius 1 is 1.23 bits per heavy atom. The number of aromatic nitrogens is 2. The Bertz CT molecular complexity index is 814. The summed E-state index contributed by atoms with van der Waals surface area (Å²) < 4.78 is 1.68. The van der Waals surface area contributed by atoms with Crippen molar-refractivity contribution >= 4 is 17.5 Å². The molecule has 1 aromatic heterocycles. The van der Waals surface area contributed by atoms with E-state index < -0.39 is 0 Å². The zero-order valence-electron chi connectivity index (χ0n) is 14.7. The van der Waals surface area contributed by atoms with Crippen LogP contribution in [0.2, 0.25) is 0 Å². The summed E-state index contributed by atoms with van der Waals surface area (Å²) in [6.07, 6.45) is 7.66. The quantitative estimate of drug-likeness (QED) is 0.789. The molecule has 2 aliphatic rings. The van der Waals surface area contributed by atoms with Crippen molar-refractivity contribution < 1.29 is 9.59 Å². The molecule has 7 nitrogen and oxygen atoms in total. The first-order valence-corrected chi connectivity index (χ1v) is 9.07. The zero-order valence-corrected chi connectivity index (χ0v) is 14.7. The van der Waals surface area contributed by atoms with Crippen LogP contribution in [0.3, 0.4) is 0 Å². The maximum Gasteiger partial charge on any atom is 0.291 e. The van der Waals surface area contributed by atoms with E-state index in [2.05, 4.69) is 21.2 Å². The van der Waals surface area contributed by atoms with E-state index in [0.29, 0.717) is 11.7 Å². The number of rotatable bonds is 3. The Labute approximate surface area is 152 Å². The summed E-state index contributed by atoms with van der Waals surface area (Å²) in [5.41, 5.74) is 7.85. The van der Waals surface area contributed by atoms with Crippen LogP contribution in [0, 0.1) is 11.8 Å². The summed E-state index contributed by atoms with van der Waals surface area (Å²) in [6.45, 7) is 0. The molecule has 2 aromatic rings. The van der Waals surface area contributed by atoms with Crippen LogP contribution in [0.4, 0.5) is 5.69 Å². The van der Waals surface area contributed by atoms with Gasteiger partial charge in [-0.3, -0.25) is 15.0 Å². The van der Waals surface area contributed by atoms with E-state index in [-0.39, 0.29) is 23.8 Å². The molecule has 1 aliphatic heterocycles. The van der Waals surface area contributed by atoms with Gasteiger partial charge in [-0.2, -0.15) is 0 Å². The minimum absolute atomic E-state index is 0.0952. The highest BCUT2D eigenvalue weighted by Crippen LogP contribution is 2.40. The van der Waals surface area contributed by atoms with Crippen molar-refractivity contribution in [3.63, 3.8) is 0 Å². The Hall–Kier alpha value is -2.67. The number of carbonyl (C=O) groups excluding carboxylic acids is 2. The van der Waals surface area contributed by atoms with Gasteiger partial charge in [-0.15, -0.1) is 0 Å². The normalized spacial score (nSPS) is 25.3. The Kier molecular flexibility index (Phi) is 4.46. The number of fused-ring (bicyclic) bond motifs is 1. The van der Waals surface area contributed by atoms with Crippen molar-refractivity contribution in [1.82, 2.24) is 20.4 Å². The number of hydrogen-bond acceptors (Lipinski definition) is 4. The molecule has 26 heavy (non-hydrogen) atoms. The Morgan fingerprint density at radius 2 is 2.00 bits per heavy atom. The number of benzene rings is 1. The lowest BCUT2D eigenvalue weighted by atomic mass is 9.72. The lowest BCUT2D eigenvalue weighted by Crippen LogP contribution is -2.55. The first-order valence-electron chi connectivity index (χ1n) is 9.07. The fraction of sp³-hybridized carbons (Fsp3) is 0.421. The number of carbonyl (C=O) groups is 2. The van der Waals surface area contributed by atoms with Gasteiger partial charge in [0, 0.05) is 31.0 Å². The number of amides is 2. The molecule has 0 spiro atoms. The van der Waals surface area contributed by atoms with Crippen LogP contribution in [-0.2, 0) is 11.8 Å².